The zero-order valence-electron chi connectivity index (χ0n) is 31.6. The number of likely N-dealkylation sites (tertiary alicyclic amines) is 1. The summed E-state index contributed by atoms with van der Waals surface area (Å²) in [5, 5.41) is 12.5. The molecule has 4 aromatic carbocycles. The molecular weight excluding hydrogens is 707 g/mol. The summed E-state index contributed by atoms with van der Waals surface area (Å²) in [6.45, 7) is 3.58. The number of hydrogen-bond acceptors (Lipinski definition) is 8. The summed E-state index contributed by atoms with van der Waals surface area (Å²) in [5.74, 6) is 1.58. The van der Waals surface area contributed by atoms with Crippen LogP contribution in [0.1, 0.15) is 95.0 Å². The Morgan fingerprint density at radius 2 is 1.52 bits per heavy atom. The summed E-state index contributed by atoms with van der Waals surface area (Å²) in [6.07, 6.45) is 7.01. The van der Waals surface area contributed by atoms with E-state index >= 15 is 0 Å². The van der Waals surface area contributed by atoms with Gasteiger partial charge in [0.15, 0.2) is 0 Å². The molecular formula is C46H49N3O7. The Morgan fingerprint density at radius 1 is 0.732 bits per heavy atom. The molecule has 1 saturated carbocycles. The van der Waals surface area contributed by atoms with Crippen LogP contribution in [0, 0.1) is 0 Å². The highest BCUT2D eigenvalue weighted by atomic mass is 16.5. The Bertz CT molecular complexity index is 2070. The second kappa shape index (κ2) is 15.7. The molecule has 3 heterocycles. The maximum atomic E-state index is 13.1. The third-order valence-electron chi connectivity index (χ3n) is 12.5. The smallest absolute Gasteiger partial charge is 0.255 e. The highest BCUT2D eigenvalue weighted by Gasteiger charge is 2.40. The molecule has 4 aromatic rings. The molecule has 9 rings (SSSR count). The number of aryl methyl sites for hydroxylation is 1. The number of phenols is 1. The van der Waals surface area contributed by atoms with E-state index in [0.717, 1.165) is 69.5 Å². The molecule has 0 radical (unpaired) electrons. The van der Waals surface area contributed by atoms with Crippen molar-refractivity contribution in [2.75, 3.05) is 26.2 Å². The average molecular weight is 756 g/mol. The fraction of sp³-hybridized carbons (Fsp3) is 0.413. The van der Waals surface area contributed by atoms with Gasteiger partial charge in [-0.2, -0.15) is 0 Å². The van der Waals surface area contributed by atoms with Crippen LogP contribution in [0.25, 0.3) is 0 Å². The van der Waals surface area contributed by atoms with Crippen LogP contribution in [0.2, 0.25) is 0 Å². The summed E-state index contributed by atoms with van der Waals surface area (Å²) in [6, 6.07) is 30.2. The van der Waals surface area contributed by atoms with Gasteiger partial charge in [0.2, 0.25) is 11.8 Å². The standard InChI is InChI=1S/C46H49N3O7/c50-33-10-15-40-31(24-33)9-14-39(29-4-2-1-3-5-29)44(40)30-6-11-34(12-7-30)55-37-25-38(26-37)56-35-18-20-48(21-19-35)22-23-54-36-13-8-32-28-49(46(53)41(32)27-36)42-16-17-43(51)47-45(42)52/h1-8,10-13,15,24,27,35,37-39,42,44,50H,9,14,16-23,25-26,28H2,(H,47,51,52)/t37?,38?,39-,42?,44+/m1/s1. The summed E-state index contributed by atoms with van der Waals surface area (Å²) < 4.78 is 19.0. The molecule has 3 aliphatic heterocycles. The van der Waals surface area contributed by atoms with E-state index in [2.05, 4.69) is 70.9 Å². The van der Waals surface area contributed by atoms with Crippen molar-refractivity contribution in [3.8, 4) is 17.2 Å². The van der Waals surface area contributed by atoms with Gasteiger partial charge in [0, 0.05) is 56.9 Å². The lowest BCUT2D eigenvalue weighted by Gasteiger charge is -2.40. The lowest BCUT2D eigenvalue weighted by Crippen LogP contribution is -2.52. The first-order chi connectivity index (χ1) is 27.3. The first kappa shape index (κ1) is 36.4. The van der Waals surface area contributed by atoms with E-state index in [4.69, 9.17) is 14.2 Å². The van der Waals surface area contributed by atoms with Crippen LogP contribution in [-0.2, 0) is 27.3 Å². The number of imide groups is 1. The minimum Gasteiger partial charge on any atom is -0.508 e. The number of ether oxygens (including phenoxy) is 3. The van der Waals surface area contributed by atoms with Crippen molar-refractivity contribution in [3.05, 3.63) is 124 Å². The Hall–Kier alpha value is -5.19. The van der Waals surface area contributed by atoms with Gasteiger partial charge in [-0.1, -0.05) is 54.6 Å². The number of hydrogen-bond donors (Lipinski definition) is 2. The van der Waals surface area contributed by atoms with E-state index in [1.165, 1.54) is 22.3 Å². The predicted molar refractivity (Wildman–Crippen MR) is 210 cm³/mol. The molecule has 0 spiro atoms. The van der Waals surface area contributed by atoms with Crippen LogP contribution >= 0.6 is 0 Å². The summed E-state index contributed by atoms with van der Waals surface area (Å²) >= 11 is 0. The fourth-order valence-corrected chi connectivity index (χ4v) is 9.41. The first-order valence-corrected chi connectivity index (χ1v) is 20.3. The Balaban J connectivity index is 0.705. The molecule has 0 aromatic heterocycles. The quantitative estimate of drug-likeness (QED) is 0.167. The second-order valence-corrected chi connectivity index (χ2v) is 16.1. The third kappa shape index (κ3) is 7.64. The lowest BCUT2D eigenvalue weighted by atomic mass is 9.69. The number of rotatable bonds is 11. The average Bonchev–Trinajstić information content (AvgIpc) is 3.52. The topological polar surface area (TPSA) is 118 Å². The number of aromatic hydroxyl groups is 1. The lowest BCUT2D eigenvalue weighted by molar-refractivity contribution is -0.136. The van der Waals surface area contributed by atoms with E-state index in [9.17, 15) is 19.5 Å². The fourth-order valence-electron chi connectivity index (χ4n) is 9.41. The van der Waals surface area contributed by atoms with Crippen LogP contribution in [0.3, 0.4) is 0 Å². The van der Waals surface area contributed by atoms with Gasteiger partial charge in [-0.15, -0.1) is 0 Å². The Labute approximate surface area is 327 Å². The monoisotopic (exact) mass is 755 g/mol. The first-order valence-electron chi connectivity index (χ1n) is 20.3. The van der Waals surface area contributed by atoms with Gasteiger partial charge in [-0.3, -0.25) is 24.6 Å². The zero-order valence-corrected chi connectivity index (χ0v) is 31.6. The van der Waals surface area contributed by atoms with E-state index in [1.807, 2.05) is 24.3 Å². The summed E-state index contributed by atoms with van der Waals surface area (Å²) in [7, 11) is 0. The number of carbonyl (C=O) groups excluding carboxylic acids is 3. The van der Waals surface area contributed by atoms with Gasteiger partial charge in [-0.05, 0) is 102 Å². The van der Waals surface area contributed by atoms with Crippen LogP contribution in [-0.4, -0.2) is 83.2 Å². The van der Waals surface area contributed by atoms with Crippen molar-refractivity contribution in [3.63, 3.8) is 0 Å². The van der Waals surface area contributed by atoms with Gasteiger partial charge in [-0.25, -0.2) is 0 Å². The van der Waals surface area contributed by atoms with Gasteiger partial charge in [0.25, 0.3) is 5.91 Å². The summed E-state index contributed by atoms with van der Waals surface area (Å²) in [5.41, 5.74) is 6.59. The largest absolute Gasteiger partial charge is 0.508 e. The molecule has 5 aliphatic rings. The van der Waals surface area contributed by atoms with Crippen molar-refractivity contribution < 1.29 is 33.7 Å². The van der Waals surface area contributed by atoms with Crippen LogP contribution < -0.4 is 14.8 Å². The minimum atomic E-state index is -0.620. The SMILES string of the molecule is O=C1CCC(N2Cc3ccc(OCCN4CCC(OC5CC(Oc6ccc([C@@H]7c8ccc(O)cc8CC[C@@H]7c7ccccc7)cc6)C5)CC4)cc3C2=O)C(=O)N1. The van der Waals surface area contributed by atoms with Crippen molar-refractivity contribution in [1.29, 1.82) is 0 Å². The van der Waals surface area contributed by atoms with Gasteiger partial charge < -0.3 is 24.2 Å². The molecule has 2 N–H and O–H groups in total. The van der Waals surface area contributed by atoms with E-state index < -0.39 is 11.9 Å². The maximum Gasteiger partial charge on any atom is 0.255 e. The number of nitrogens with zero attached hydrogens (tertiary/aromatic N) is 2. The van der Waals surface area contributed by atoms with Crippen LogP contribution in [0.5, 0.6) is 17.2 Å². The zero-order chi connectivity index (χ0) is 38.2. The Kier molecular flexibility index (Phi) is 10.2. The summed E-state index contributed by atoms with van der Waals surface area (Å²) in [4.78, 5) is 41.0. The van der Waals surface area contributed by atoms with E-state index in [-0.39, 0.29) is 42.5 Å². The number of carbonyl (C=O) groups is 3. The molecule has 2 saturated heterocycles. The van der Waals surface area contributed by atoms with Crippen molar-refractivity contribution in [2.45, 2.75) is 94.1 Å². The maximum absolute atomic E-state index is 13.1. The van der Waals surface area contributed by atoms with Crippen molar-refractivity contribution >= 4 is 17.7 Å². The molecule has 10 nitrogen and oxygen atoms in total. The number of piperidine rings is 2. The molecule has 10 heteroatoms. The number of amides is 3. The van der Waals surface area contributed by atoms with Crippen molar-refractivity contribution in [2.24, 2.45) is 0 Å². The molecule has 3 amide bonds. The Morgan fingerprint density at radius 3 is 2.30 bits per heavy atom. The highest BCUT2D eigenvalue weighted by molar-refractivity contribution is 6.05. The van der Waals surface area contributed by atoms with Crippen LogP contribution in [0.4, 0.5) is 0 Å². The molecule has 2 aliphatic carbocycles. The number of phenolic OH excluding ortho intramolecular Hbond substituents is 1. The van der Waals surface area contributed by atoms with Gasteiger partial charge in [0.1, 0.15) is 36.0 Å². The minimum absolute atomic E-state index is 0.161. The van der Waals surface area contributed by atoms with Gasteiger partial charge in [0.05, 0.1) is 12.2 Å². The normalized spacial score (nSPS) is 25.2. The van der Waals surface area contributed by atoms with Crippen LogP contribution in [0.15, 0.2) is 91.0 Å². The molecule has 56 heavy (non-hydrogen) atoms. The van der Waals surface area contributed by atoms with E-state index in [1.54, 1.807) is 11.0 Å². The molecule has 1 unspecified atom stereocenters. The third-order valence-corrected chi connectivity index (χ3v) is 12.5. The van der Waals surface area contributed by atoms with Gasteiger partial charge >= 0.3 is 0 Å². The highest BCUT2D eigenvalue weighted by Crippen LogP contribution is 2.47. The van der Waals surface area contributed by atoms with E-state index in [0.29, 0.717) is 42.6 Å². The van der Waals surface area contributed by atoms with Crippen molar-refractivity contribution in [1.82, 2.24) is 15.1 Å². The number of benzene rings is 4. The predicted octanol–water partition coefficient (Wildman–Crippen LogP) is 6.48. The number of fused-ring (bicyclic) bond motifs is 2. The molecule has 3 atom stereocenters. The molecule has 0 bridgehead atoms. The second-order valence-electron chi connectivity index (χ2n) is 16.1. The molecule has 290 valence electrons. The molecule has 3 fully saturated rings. The number of nitrogens with one attached hydrogen (secondary N) is 1.